The van der Waals surface area contributed by atoms with E-state index in [1.54, 1.807) is 5.56 Å². The van der Waals surface area contributed by atoms with Gasteiger partial charge in [-0.2, -0.15) is 0 Å². The van der Waals surface area contributed by atoms with Crippen LogP contribution < -0.4 is 0 Å². The summed E-state index contributed by atoms with van der Waals surface area (Å²) in [6.45, 7) is 9.63. The monoisotopic (exact) mass is 770 g/mol. The summed E-state index contributed by atoms with van der Waals surface area (Å²) in [6.07, 6.45) is 4.31. The van der Waals surface area contributed by atoms with Crippen molar-refractivity contribution in [2.24, 2.45) is 0 Å². The van der Waals surface area contributed by atoms with Crippen molar-refractivity contribution in [2.75, 3.05) is 0 Å². The molecule has 60 heavy (non-hydrogen) atoms. The lowest BCUT2D eigenvalue weighted by Crippen LogP contribution is -2.25. The Morgan fingerprint density at radius 3 is 1.30 bits per heavy atom. The number of hydrogen-bond acceptors (Lipinski definition) is 0. The van der Waals surface area contributed by atoms with E-state index in [2.05, 4.69) is 210 Å². The first-order valence-corrected chi connectivity index (χ1v) is 22.2. The van der Waals surface area contributed by atoms with E-state index in [0.717, 1.165) is 25.7 Å². The highest BCUT2D eigenvalue weighted by Gasteiger charge is 2.48. The lowest BCUT2D eigenvalue weighted by Gasteiger charge is -2.33. The molecule has 2 aliphatic rings. The zero-order valence-electron chi connectivity index (χ0n) is 35.1. The van der Waals surface area contributed by atoms with Gasteiger partial charge in [-0.25, -0.2) is 0 Å². The third kappa shape index (κ3) is 5.10. The van der Waals surface area contributed by atoms with Crippen LogP contribution in [-0.4, -0.2) is 0 Å². The molecule has 0 atom stereocenters. The first kappa shape index (κ1) is 36.6. The van der Waals surface area contributed by atoms with Crippen LogP contribution in [0.25, 0.3) is 88.3 Å². The topological polar surface area (TPSA) is 0 Å². The molecule has 0 fully saturated rings. The van der Waals surface area contributed by atoms with Gasteiger partial charge in [-0.15, -0.1) is 0 Å². The van der Waals surface area contributed by atoms with E-state index in [-0.39, 0.29) is 10.8 Å². The first-order valence-electron chi connectivity index (χ1n) is 22.2. The summed E-state index contributed by atoms with van der Waals surface area (Å²) in [6, 6.07) is 68.9. The summed E-state index contributed by atoms with van der Waals surface area (Å²) in [5.41, 5.74) is 21.9. The Morgan fingerprint density at radius 2 is 0.750 bits per heavy atom. The smallest absolute Gasteiger partial charge is 0.0216 e. The van der Waals surface area contributed by atoms with Crippen LogP contribution in [0.15, 0.2) is 182 Å². The molecular formula is C60H50. The standard InChI is InChI=1S/C60H50/c1-5-59(6-2)53-34-33-50-45-25-19-20-30-52(45)60(7-3,8-4)58(50)57(53)51-32-31-41(38-54(51)59)55-46-26-15-17-28-48(46)56(49-29-18-16-27-47(49)55)44-36-42(39-21-11-9-12-22-39)35-43(37-44)40-23-13-10-14-24-40/h9-38H,5-8H2,1-4H3. The Bertz CT molecular complexity index is 3000. The Hall–Kier alpha value is -6.50. The SMILES string of the molecule is CCC1(CC)c2cc(-c3c4ccccc4c(-c4cc(-c5ccccc5)cc(-c5ccccc5)c4)c4ccccc34)ccc2-c2c1ccc1c2C(CC)(CC)c2ccccc2-1. The lowest BCUT2D eigenvalue weighted by molar-refractivity contribution is 0.481. The van der Waals surface area contributed by atoms with Crippen LogP contribution in [0.1, 0.15) is 75.6 Å². The molecule has 0 aliphatic heterocycles. The van der Waals surface area contributed by atoms with Gasteiger partial charge in [-0.3, -0.25) is 0 Å². The van der Waals surface area contributed by atoms with Crippen LogP contribution in [0.5, 0.6) is 0 Å². The summed E-state index contributed by atoms with van der Waals surface area (Å²) < 4.78 is 0. The van der Waals surface area contributed by atoms with Crippen molar-refractivity contribution in [1.82, 2.24) is 0 Å². The Kier molecular flexibility index (Phi) is 8.57. The number of benzene rings is 9. The Balaban J connectivity index is 1.17. The highest BCUT2D eigenvalue weighted by atomic mass is 14.5. The minimum absolute atomic E-state index is 0.00516. The van der Waals surface area contributed by atoms with E-state index in [9.17, 15) is 0 Å². The number of fused-ring (bicyclic) bond motifs is 9. The summed E-state index contributed by atoms with van der Waals surface area (Å²) in [4.78, 5) is 0. The van der Waals surface area contributed by atoms with Gasteiger partial charge in [0.05, 0.1) is 0 Å². The Labute approximate surface area is 355 Å². The second kappa shape index (κ2) is 14.1. The van der Waals surface area contributed by atoms with E-state index in [1.807, 2.05) is 0 Å². The number of hydrogen-bond donors (Lipinski definition) is 0. The van der Waals surface area contributed by atoms with Gasteiger partial charge in [0, 0.05) is 10.8 Å². The molecule has 0 heterocycles. The molecule has 2 aliphatic carbocycles. The van der Waals surface area contributed by atoms with Gasteiger partial charge in [-0.05, 0) is 161 Å². The third-order valence-corrected chi connectivity index (χ3v) is 14.8. The zero-order chi connectivity index (χ0) is 40.6. The molecule has 0 nitrogen and oxygen atoms in total. The fourth-order valence-corrected chi connectivity index (χ4v) is 11.8. The first-order chi connectivity index (χ1) is 29.5. The van der Waals surface area contributed by atoms with Crippen LogP contribution in [0.4, 0.5) is 0 Å². The normalized spacial score (nSPS) is 14.2. The third-order valence-electron chi connectivity index (χ3n) is 14.8. The zero-order valence-corrected chi connectivity index (χ0v) is 35.1. The van der Waals surface area contributed by atoms with E-state index in [0.29, 0.717) is 0 Å². The largest absolute Gasteiger partial charge is 0.0642 e. The summed E-state index contributed by atoms with van der Waals surface area (Å²) in [7, 11) is 0. The van der Waals surface area contributed by atoms with Gasteiger partial charge in [0.15, 0.2) is 0 Å². The molecule has 0 saturated carbocycles. The molecule has 0 unspecified atom stereocenters. The highest BCUT2D eigenvalue weighted by molar-refractivity contribution is 6.22. The molecule has 0 aromatic heterocycles. The molecule has 290 valence electrons. The molecular weight excluding hydrogens is 721 g/mol. The molecule has 0 radical (unpaired) electrons. The summed E-state index contributed by atoms with van der Waals surface area (Å²) in [5.74, 6) is 0. The van der Waals surface area contributed by atoms with E-state index >= 15 is 0 Å². The average Bonchev–Trinajstić information content (AvgIpc) is 3.77. The maximum Gasteiger partial charge on any atom is 0.0216 e. The van der Waals surface area contributed by atoms with E-state index in [4.69, 9.17) is 0 Å². The van der Waals surface area contributed by atoms with Crippen molar-refractivity contribution in [3.05, 3.63) is 204 Å². The predicted molar refractivity (Wildman–Crippen MR) is 257 cm³/mol. The van der Waals surface area contributed by atoms with Crippen LogP contribution in [0.3, 0.4) is 0 Å². The lowest BCUT2D eigenvalue weighted by atomic mass is 9.70. The van der Waals surface area contributed by atoms with E-state index in [1.165, 1.54) is 105 Å². The van der Waals surface area contributed by atoms with Crippen molar-refractivity contribution in [1.29, 1.82) is 0 Å². The van der Waals surface area contributed by atoms with Gasteiger partial charge < -0.3 is 0 Å². The van der Waals surface area contributed by atoms with Gasteiger partial charge in [0.1, 0.15) is 0 Å². The van der Waals surface area contributed by atoms with Crippen molar-refractivity contribution in [2.45, 2.75) is 64.2 Å². The summed E-state index contributed by atoms with van der Waals surface area (Å²) in [5, 5.41) is 5.14. The minimum Gasteiger partial charge on any atom is -0.0642 e. The maximum absolute atomic E-state index is 2.60. The number of rotatable bonds is 8. The quantitative estimate of drug-likeness (QED) is 0.135. The fraction of sp³-hybridized carbons (Fsp3) is 0.167. The molecule has 0 amide bonds. The van der Waals surface area contributed by atoms with Gasteiger partial charge in [-0.1, -0.05) is 185 Å². The molecule has 0 bridgehead atoms. The van der Waals surface area contributed by atoms with Crippen molar-refractivity contribution >= 4 is 21.5 Å². The van der Waals surface area contributed by atoms with Gasteiger partial charge >= 0.3 is 0 Å². The van der Waals surface area contributed by atoms with Crippen LogP contribution in [0, 0.1) is 0 Å². The van der Waals surface area contributed by atoms with Crippen molar-refractivity contribution < 1.29 is 0 Å². The second-order valence-corrected chi connectivity index (χ2v) is 17.2. The molecule has 0 saturated heterocycles. The molecule has 0 N–H and O–H groups in total. The molecule has 11 rings (SSSR count). The van der Waals surface area contributed by atoms with Crippen molar-refractivity contribution in [3.63, 3.8) is 0 Å². The second-order valence-electron chi connectivity index (χ2n) is 17.2. The molecule has 9 aromatic rings. The minimum atomic E-state index is -0.0605. The molecule has 0 spiro atoms. The summed E-state index contributed by atoms with van der Waals surface area (Å²) >= 11 is 0. The van der Waals surface area contributed by atoms with Gasteiger partial charge in [0.25, 0.3) is 0 Å². The average molecular weight is 771 g/mol. The van der Waals surface area contributed by atoms with Crippen LogP contribution >= 0.6 is 0 Å². The maximum atomic E-state index is 2.60. The fourth-order valence-electron chi connectivity index (χ4n) is 11.8. The van der Waals surface area contributed by atoms with E-state index < -0.39 is 0 Å². The molecule has 0 heteroatoms. The Morgan fingerprint density at radius 1 is 0.283 bits per heavy atom. The van der Waals surface area contributed by atoms with Gasteiger partial charge in [0.2, 0.25) is 0 Å². The predicted octanol–water partition coefficient (Wildman–Crippen LogP) is 16.8. The van der Waals surface area contributed by atoms with Crippen LogP contribution in [0.2, 0.25) is 0 Å². The van der Waals surface area contributed by atoms with Crippen molar-refractivity contribution in [3.8, 4) is 66.8 Å². The molecule has 9 aromatic carbocycles. The highest BCUT2D eigenvalue weighted by Crippen LogP contribution is 2.63. The van der Waals surface area contributed by atoms with Crippen LogP contribution in [-0.2, 0) is 10.8 Å².